The van der Waals surface area contributed by atoms with Crippen molar-refractivity contribution in [2.75, 3.05) is 20.6 Å². The molecule has 0 amide bonds. The van der Waals surface area contributed by atoms with Gasteiger partial charge in [-0.1, -0.05) is 60.7 Å². The van der Waals surface area contributed by atoms with Crippen LogP contribution in [0.2, 0.25) is 0 Å². The zero-order valence-corrected chi connectivity index (χ0v) is 14.6. The van der Waals surface area contributed by atoms with Crippen molar-refractivity contribution in [2.45, 2.75) is 19.0 Å². The van der Waals surface area contributed by atoms with Crippen LogP contribution >= 0.6 is 12.2 Å². The second kappa shape index (κ2) is 9.28. The molecule has 2 aromatic carbocycles. The first-order valence-corrected chi connectivity index (χ1v) is 8.32. The molecule has 0 aliphatic heterocycles. The smallest absolute Gasteiger partial charge is 0.166 e. The van der Waals surface area contributed by atoms with Crippen molar-refractivity contribution in [3.8, 4) is 0 Å². The Balaban J connectivity index is 1.78. The minimum atomic E-state index is 0.397. The van der Waals surface area contributed by atoms with Crippen molar-refractivity contribution >= 4 is 17.3 Å². The van der Waals surface area contributed by atoms with Gasteiger partial charge in [0, 0.05) is 19.1 Å². The van der Waals surface area contributed by atoms with Gasteiger partial charge in [-0.2, -0.15) is 0 Å². The van der Waals surface area contributed by atoms with Crippen molar-refractivity contribution in [1.82, 2.24) is 15.5 Å². The molecule has 0 unspecified atom stereocenters. The van der Waals surface area contributed by atoms with E-state index in [0.29, 0.717) is 11.2 Å². The van der Waals surface area contributed by atoms with E-state index in [1.54, 1.807) is 0 Å². The topological polar surface area (TPSA) is 27.3 Å². The number of likely N-dealkylation sites (N-methyl/N-ethyl adjacent to an activating group) is 1. The van der Waals surface area contributed by atoms with Crippen LogP contribution in [0.3, 0.4) is 0 Å². The van der Waals surface area contributed by atoms with Crippen molar-refractivity contribution in [2.24, 2.45) is 0 Å². The maximum Gasteiger partial charge on any atom is 0.166 e. The monoisotopic (exact) mass is 327 g/mol. The van der Waals surface area contributed by atoms with Crippen molar-refractivity contribution in [3.63, 3.8) is 0 Å². The van der Waals surface area contributed by atoms with Gasteiger partial charge in [0.2, 0.25) is 0 Å². The molecule has 0 radical (unpaired) electrons. The number of hydrogen-bond acceptors (Lipinski definition) is 2. The van der Waals surface area contributed by atoms with Gasteiger partial charge in [-0.15, -0.1) is 0 Å². The zero-order valence-electron chi connectivity index (χ0n) is 13.8. The Labute approximate surface area is 144 Å². The van der Waals surface area contributed by atoms with Crippen LogP contribution in [0, 0.1) is 0 Å². The van der Waals surface area contributed by atoms with Crippen LogP contribution in [0.15, 0.2) is 60.7 Å². The summed E-state index contributed by atoms with van der Waals surface area (Å²) >= 11 is 5.38. The van der Waals surface area contributed by atoms with E-state index in [1.165, 1.54) is 11.1 Å². The molecule has 0 fully saturated rings. The van der Waals surface area contributed by atoms with Crippen molar-refractivity contribution < 1.29 is 0 Å². The van der Waals surface area contributed by atoms with E-state index >= 15 is 0 Å². The third-order valence-corrected chi connectivity index (χ3v) is 4.13. The molecule has 1 atom stereocenters. The summed E-state index contributed by atoms with van der Waals surface area (Å²) < 4.78 is 0. The zero-order chi connectivity index (χ0) is 16.5. The summed E-state index contributed by atoms with van der Waals surface area (Å²) in [6, 6.07) is 21.2. The van der Waals surface area contributed by atoms with Gasteiger partial charge in [0.1, 0.15) is 0 Å². The van der Waals surface area contributed by atoms with E-state index in [0.717, 1.165) is 19.5 Å². The summed E-state index contributed by atoms with van der Waals surface area (Å²) in [5, 5.41) is 7.29. The fraction of sp³-hybridized carbons (Fsp3) is 0.316. The van der Waals surface area contributed by atoms with Crippen LogP contribution in [-0.2, 0) is 13.0 Å². The van der Waals surface area contributed by atoms with E-state index in [2.05, 4.69) is 72.1 Å². The lowest BCUT2D eigenvalue weighted by Crippen LogP contribution is -2.44. The average molecular weight is 327 g/mol. The van der Waals surface area contributed by atoms with Crippen LogP contribution in [0.1, 0.15) is 11.1 Å². The van der Waals surface area contributed by atoms with Gasteiger partial charge >= 0.3 is 0 Å². The van der Waals surface area contributed by atoms with Gasteiger partial charge < -0.3 is 15.5 Å². The normalized spacial score (nSPS) is 12.0. The summed E-state index contributed by atoms with van der Waals surface area (Å²) in [7, 11) is 4.21. The Bertz CT molecular complexity index is 584. The molecule has 122 valence electrons. The molecule has 0 aromatic heterocycles. The Morgan fingerprint density at radius 3 is 2.04 bits per heavy atom. The SMILES string of the molecule is CN(C)[C@@H](CNC(=S)NCc1ccccc1)Cc1ccccc1. The second-order valence-corrected chi connectivity index (χ2v) is 6.26. The number of thiocarbonyl (C=S) groups is 1. The third kappa shape index (κ3) is 6.38. The first-order valence-electron chi connectivity index (χ1n) is 7.91. The molecule has 0 aliphatic carbocycles. The molecule has 4 heteroatoms. The van der Waals surface area contributed by atoms with Crippen molar-refractivity contribution in [3.05, 3.63) is 71.8 Å². The lowest BCUT2D eigenvalue weighted by Gasteiger charge is -2.25. The van der Waals surface area contributed by atoms with E-state index in [9.17, 15) is 0 Å². The van der Waals surface area contributed by atoms with E-state index in [-0.39, 0.29) is 0 Å². The molecule has 2 rings (SSSR count). The second-order valence-electron chi connectivity index (χ2n) is 5.86. The number of hydrogen-bond donors (Lipinski definition) is 2. The summed E-state index contributed by atoms with van der Waals surface area (Å²) in [5.41, 5.74) is 2.57. The molecular weight excluding hydrogens is 302 g/mol. The van der Waals surface area contributed by atoms with Gasteiger partial charge in [-0.25, -0.2) is 0 Å². The Hall–Kier alpha value is -1.91. The summed E-state index contributed by atoms with van der Waals surface area (Å²) in [5.74, 6) is 0. The maximum atomic E-state index is 5.38. The summed E-state index contributed by atoms with van der Waals surface area (Å²) in [6.07, 6.45) is 1.00. The number of benzene rings is 2. The molecule has 3 nitrogen and oxygen atoms in total. The molecule has 0 bridgehead atoms. The summed E-state index contributed by atoms with van der Waals surface area (Å²) in [4.78, 5) is 2.24. The summed E-state index contributed by atoms with van der Waals surface area (Å²) in [6.45, 7) is 1.57. The highest BCUT2D eigenvalue weighted by molar-refractivity contribution is 7.80. The first kappa shape index (κ1) is 17.4. The quantitative estimate of drug-likeness (QED) is 0.765. The molecule has 0 saturated heterocycles. The number of nitrogens with zero attached hydrogens (tertiary/aromatic N) is 1. The van der Waals surface area contributed by atoms with Crippen LogP contribution < -0.4 is 10.6 Å². The average Bonchev–Trinajstić information content (AvgIpc) is 2.58. The molecule has 23 heavy (non-hydrogen) atoms. The predicted octanol–water partition coefficient (Wildman–Crippen LogP) is 2.82. The Morgan fingerprint density at radius 1 is 0.913 bits per heavy atom. The minimum Gasteiger partial charge on any atom is -0.361 e. The Morgan fingerprint density at radius 2 is 1.48 bits per heavy atom. The number of rotatable bonds is 7. The fourth-order valence-electron chi connectivity index (χ4n) is 2.37. The molecule has 2 aromatic rings. The highest BCUT2D eigenvalue weighted by atomic mass is 32.1. The van der Waals surface area contributed by atoms with E-state index in [4.69, 9.17) is 12.2 Å². The van der Waals surface area contributed by atoms with Gasteiger partial charge in [-0.3, -0.25) is 0 Å². The molecule has 0 heterocycles. The highest BCUT2D eigenvalue weighted by Crippen LogP contribution is 2.06. The lowest BCUT2D eigenvalue weighted by atomic mass is 10.1. The molecule has 0 saturated carbocycles. The minimum absolute atomic E-state index is 0.397. The van der Waals surface area contributed by atoms with Crippen LogP contribution in [0.5, 0.6) is 0 Å². The van der Waals surface area contributed by atoms with Gasteiger partial charge in [0.15, 0.2) is 5.11 Å². The van der Waals surface area contributed by atoms with E-state index in [1.807, 2.05) is 18.2 Å². The highest BCUT2D eigenvalue weighted by Gasteiger charge is 2.12. The van der Waals surface area contributed by atoms with E-state index < -0.39 is 0 Å². The maximum absolute atomic E-state index is 5.38. The van der Waals surface area contributed by atoms with Gasteiger partial charge in [0.05, 0.1) is 0 Å². The van der Waals surface area contributed by atoms with Crippen LogP contribution in [0.25, 0.3) is 0 Å². The first-order chi connectivity index (χ1) is 11.1. The van der Waals surface area contributed by atoms with Crippen LogP contribution in [-0.4, -0.2) is 36.7 Å². The van der Waals surface area contributed by atoms with Gasteiger partial charge in [-0.05, 0) is 43.9 Å². The van der Waals surface area contributed by atoms with Crippen molar-refractivity contribution in [1.29, 1.82) is 0 Å². The van der Waals surface area contributed by atoms with Gasteiger partial charge in [0.25, 0.3) is 0 Å². The standard InChI is InChI=1S/C19H25N3S/c1-22(2)18(13-16-9-5-3-6-10-16)15-21-19(23)20-14-17-11-7-4-8-12-17/h3-12,18H,13-15H2,1-2H3,(H2,20,21,23)/t18-/m1/s1. The fourth-order valence-corrected chi connectivity index (χ4v) is 2.53. The van der Waals surface area contributed by atoms with Crippen LogP contribution in [0.4, 0.5) is 0 Å². The lowest BCUT2D eigenvalue weighted by molar-refractivity contribution is 0.290. The molecular formula is C19H25N3S. The Kier molecular flexibility index (Phi) is 7.04. The molecule has 2 N–H and O–H groups in total. The largest absolute Gasteiger partial charge is 0.361 e. The predicted molar refractivity (Wildman–Crippen MR) is 102 cm³/mol. The third-order valence-electron chi connectivity index (χ3n) is 3.84. The number of nitrogens with one attached hydrogen (secondary N) is 2. The molecule has 0 spiro atoms. The molecule has 0 aliphatic rings.